The standard InChI is InChI=1S/C19H23F2N3O3/c1-19(2,3)27-18(25)24-7-6-23-10-16(26-11-12(23)9-24)13-4-5-15(20)14(8-22)17(13)21/h4-5,12,16H,6-7,9-11H2,1-3H3/t12-,16-/m0/s1. The minimum absolute atomic E-state index is 0.0125. The molecule has 1 aromatic carbocycles. The van der Waals surface area contributed by atoms with Crippen molar-refractivity contribution in [2.45, 2.75) is 38.5 Å². The second-order valence-corrected chi connectivity index (χ2v) is 7.83. The average Bonchev–Trinajstić information content (AvgIpc) is 2.60. The van der Waals surface area contributed by atoms with Crippen LogP contribution in [0.4, 0.5) is 13.6 Å². The number of ether oxygens (including phenoxy) is 2. The number of rotatable bonds is 1. The molecule has 0 N–H and O–H groups in total. The fourth-order valence-corrected chi connectivity index (χ4v) is 3.38. The lowest BCUT2D eigenvalue weighted by atomic mass is 10.0. The summed E-state index contributed by atoms with van der Waals surface area (Å²) in [6, 6.07) is 3.96. The normalized spacial score (nSPS) is 23.5. The van der Waals surface area contributed by atoms with Crippen LogP contribution in [-0.2, 0) is 9.47 Å². The molecule has 2 aliphatic rings. The number of nitrogens with zero attached hydrogens (tertiary/aromatic N) is 3. The first-order valence-electron chi connectivity index (χ1n) is 8.91. The first kappa shape index (κ1) is 19.5. The SMILES string of the molecule is CC(C)(C)OC(=O)N1CCN2C[C@@H](c3ccc(F)c(C#N)c3F)OC[C@@H]2C1. The number of fused-ring (bicyclic) bond motifs is 1. The van der Waals surface area contributed by atoms with Crippen LogP contribution in [0.3, 0.4) is 0 Å². The van der Waals surface area contributed by atoms with Gasteiger partial charge in [-0.25, -0.2) is 13.6 Å². The summed E-state index contributed by atoms with van der Waals surface area (Å²) < 4.78 is 39.2. The molecule has 1 amide bonds. The third kappa shape index (κ3) is 4.20. The monoisotopic (exact) mass is 379 g/mol. The van der Waals surface area contributed by atoms with E-state index in [0.717, 1.165) is 6.07 Å². The van der Waals surface area contributed by atoms with E-state index in [2.05, 4.69) is 4.90 Å². The van der Waals surface area contributed by atoms with E-state index in [1.54, 1.807) is 11.0 Å². The summed E-state index contributed by atoms with van der Waals surface area (Å²) in [4.78, 5) is 16.0. The lowest BCUT2D eigenvalue weighted by Gasteiger charge is -2.46. The maximum Gasteiger partial charge on any atom is 0.410 e. The van der Waals surface area contributed by atoms with E-state index in [4.69, 9.17) is 14.7 Å². The Morgan fingerprint density at radius 2 is 2.04 bits per heavy atom. The molecule has 2 fully saturated rings. The quantitative estimate of drug-likeness (QED) is 0.751. The number of amides is 1. The summed E-state index contributed by atoms with van der Waals surface area (Å²) in [5, 5.41) is 8.94. The molecule has 3 rings (SSSR count). The Morgan fingerprint density at radius 1 is 1.30 bits per heavy atom. The number of halogens is 2. The molecule has 8 heteroatoms. The number of carbonyl (C=O) groups excluding carboxylic acids is 1. The Labute approximate surface area is 157 Å². The molecule has 2 atom stereocenters. The number of benzene rings is 1. The predicted molar refractivity (Wildman–Crippen MR) is 92.9 cm³/mol. The molecule has 146 valence electrons. The van der Waals surface area contributed by atoms with Crippen LogP contribution in [0.15, 0.2) is 12.1 Å². The van der Waals surface area contributed by atoms with Gasteiger partial charge in [0.05, 0.1) is 18.8 Å². The van der Waals surface area contributed by atoms with Crippen molar-refractivity contribution >= 4 is 6.09 Å². The van der Waals surface area contributed by atoms with Crippen molar-refractivity contribution in [1.29, 1.82) is 5.26 Å². The van der Waals surface area contributed by atoms with E-state index in [1.165, 1.54) is 6.07 Å². The van der Waals surface area contributed by atoms with E-state index in [9.17, 15) is 13.6 Å². The fraction of sp³-hybridized carbons (Fsp3) is 0.579. The molecule has 0 bridgehead atoms. The second kappa shape index (κ2) is 7.41. The number of piperazine rings is 1. The van der Waals surface area contributed by atoms with E-state index in [-0.39, 0.29) is 17.7 Å². The summed E-state index contributed by atoms with van der Waals surface area (Å²) in [5.41, 5.74) is -0.963. The Balaban J connectivity index is 1.67. The Hall–Kier alpha value is -2.24. The first-order chi connectivity index (χ1) is 12.7. The number of hydrogen-bond acceptors (Lipinski definition) is 5. The topological polar surface area (TPSA) is 65.8 Å². The highest BCUT2D eigenvalue weighted by atomic mass is 19.1. The molecular formula is C19H23F2N3O3. The van der Waals surface area contributed by atoms with Gasteiger partial charge in [-0.2, -0.15) is 5.26 Å². The van der Waals surface area contributed by atoms with Crippen molar-refractivity contribution < 1.29 is 23.0 Å². The number of nitriles is 1. The Morgan fingerprint density at radius 3 is 2.70 bits per heavy atom. The van der Waals surface area contributed by atoms with Crippen LogP contribution in [-0.4, -0.2) is 60.3 Å². The number of carbonyl (C=O) groups is 1. The van der Waals surface area contributed by atoms with Gasteiger partial charge in [0.2, 0.25) is 0 Å². The van der Waals surface area contributed by atoms with Crippen molar-refractivity contribution in [3.05, 3.63) is 34.9 Å². The highest BCUT2D eigenvalue weighted by Gasteiger charge is 2.37. The highest BCUT2D eigenvalue weighted by molar-refractivity contribution is 5.68. The lowest BCUT2D eigenvalue weighted by molar-refractivity contribution is -0.0915. The molecule has 2 saturated heterocycles. The summed E-state index contributed by atoms with van der Waals surface area (Å²) >= 11 is 0. The van der Waals surface area contributed by atoms with Crippen LogP contribution < -0.4 is 0 Å². The number of hydrogen-bond donors (Lipinski definition) is 0. The molecule has 2 heterocycles. The van der Waals surface area contributed by atoms with E-state index in [1.807, 2.05) is 20.8 Å². The van der Waals surface area contributed by atoms with Crippen molar-refractivity contribution in [1.82, 2.24) is 9.80 Å². The zero-order valence-electron chi connectivity index (χ0n) is 15.7. The van der Waals surface area contributed by atoms with Crippen molar-refractivity contribution in [3.63, 3.8) is 0 Å². The molecule has 2 aliphatic heterocycles. The van der Waals surface area contributed by atoms with Crippen LogP contribution in [0.2, 0.25) is 0 Å². The zero-order valence-corrected chi connectivity index (χ0v) is 15.7. The smallest absolute Gasteiger partial charge is 0.410 e. The number of morpholine rings is 1. The molecule has 6 nitrogen and oxygen atoms in total. The highest BCUT2D eigenvalue weighted by Crippen LogP contribution is 2.30. The maximum absolute atomic E-state index is 14.4. The fourth-order valence-electron chi connectivity index (χ4n) is 3.38. The third-order valence-corrected chi connectivity index (χ3v) is 4.73. The Kier molecular flexibility index (Phi) is 5.36. The molecule has 0 aromatic heterocycles. The minimum atomic E-state index is -0.876. The zero-order chi connectivity index (χ0) is 19.8. The van der Waals surface area contributed by atoms with Gasteiger partial charge in [-0.1, -0.05) is 6.07 Å². The molecule has 0 aliphatic carbocycles. The lowest BCUT2D eigenvalue weighted by Crippen LogP contribution is -2.60. The minimum Gasteiger partial charge on any atom is -0.444 e. The van der Waals surface area contributed by atoms with Crippen LogP contribution in [0, 0.1) is 23.0 Å². The van der Waals surface area contributed by atoms with Crippen LogP contribution in [0.1, 0.15) is 38.0 Å². The molecule has 1 aromatic rings. The van der Waals surface area contributed by atoms with Crippen LogP contribution >= 0.6 is 0 Å². The molecule has 0 saturated carbocycles. The van der Waals surface area contributed by atoms with Gasteiger partial charge in [-0.3, -0.25) is 4.90 Å². The van der Waals surface area contributed by atoms with Gasteiger partial charge in [-0.15, -0.1) is 0 Å². The van der Waals surface area contributed by atoms with Crippen molar-refractivity contribution in [3.8, 4) is 6.07 Å². The van der Waals surface area contributed by atoms with Crippen LogP contribution in [0.25, 0.3) is 0 Å². The van der Waals surface area contributed by atoms with Gasteiger partial charge in [0.15, 0.2) is 0 Å². The Bertz CT molecular complexity index is 773. The van der Waals surface area contributed by atoms with Crippen molar-refractivity contribution in [2.24, 2.45) is 0 Å². The van der Waals surface area contributed by atoms with E-state index in [0.29, 0.717) is 32.8 Å². The van der Waals surface area contributed by atoms with E-state index < -0.39 is 28.9 Å². The first-order valence-corrected chi connectivity index (χ1v) is 8.91. The van der Waals surface area contributed by atoms with Gasteiger partial charge in [0, 0.05) is 31.7 Å². The van der Waals surface area contributed by atoms with Gasteiger partial charge >= 0.3 is 6.09 Å². The summed E-state index contributed by atoms with van der Waals surface area (Å²) in [6.07, 6.45) is -0.936. The van der Waals surface area contributed by atoms with Gasteiger partial charge < -0.3 is 14.4 Å². The summed E-state index contributed by atoms with van der Waals surface area (Å²) in [6.45, 7) is 7.78. The van der Waals surface area contributed by atoms with Gasteiger partial charge in [0.1, 0.15) is 28.9 Å². The largest absolute Gasteiger partial charge is 0.444 e. The summed E-state index contributed by atoms with van der Waals surface area (Å²) in [7, 11) is 0. The van der Waals surface area contributed by atoms with Gasteiger partial charge in [-0.05, 0) is 26.8 Å². The average molecular weight is 379 g/mol. The molecular weight excluding hydrogens is 356 g/mol. The predicted octanol–water partition coefficient (Wildman–Crippen LogP) is 2.83. The van der Waals surface area contributed by atoms with Crippen molar-refractivity contribution in [2.75, 3.05) is 32.8 Å². The molecule has 0 spiro atoms. The summed E-state index contributed by atoms with van der Waals surface area (Å²) in [5.74, 6) is -1.74. The van der Waals surface area contributed by atoms with Gasteiger partial charge in [0.25, 0.3) is 0 Å². The molecule has 0 radical (unpaired) electrons. The molecule has 27 heavy (non-hydrogen) atoms. The third-order valence-electron chi connectivity index (χ3n) is 4.73. The van der Waals surface area contributed by atoms with E-state index >= 15 is 0 Å². The molecule has 0 unspecified atom stereocenters. The maximum atomic E-state index is 14.4. The van der Waals surface area contributed by atoms with Crippen LogP contribution in [0.5, 0.6) is 0 Å². The second-order valence-electron chi connectivity index (χ2n) is 7.83.